The molecule has 0 radical (unpaired) electrons. The van der Waals surface area contributed by atoms with Crippen molar-refractivity contribution >= 4 is 17.6 Å². The standard InChI is InChI=1S/C9H11ClN2O2/c1-3-5(2)8-11-4-6(10)7(12-8)9(13)14/h4-5H,3H2,1-2H3,(H,13,14). The van der Waals surface area contributed by atoms with Gasteiger partial charge in [0.25, 0.3) is 0 Å². The van der Waals surface area contributed by atoms with Gasteiger partial charge in [0, 0.05) is 5.92 Å². The van der Waals surface area contributed by atoms with Crippen LogP contribution in [0.1, 0.15) is 42.5 Å². The Morgan fingerprint density at radius 3 is 2.86 bits per heavy atom. The number of halogens is 1. The van der Waals surface area contributed by atoms with Gasteiger partial charge in [-0.3, -0.25) is 0 Å². The molecule has 0 saturated carbocycles. The zero-order chi connectivity index (χ0) is 10.7. The first-order valence-corrected chi connectivity index (χ1v) is 4.69. The number of nitrogens with zero attached hydrogens (tertiary/aromatic N) is 2. The molecule has 1 rings (SSSR count). The summed E-state index contributed by atoms with van der Waals surface area (Å²) in [4.78, 5) is 18.6. The zero-order valence-electron chi connectivity index (χ0n) is 7.99. The third-order valence-electron chi connectivity index (χ3n) is 2.02. The molecule has 0 spiro atoms. The molecule has 1 aromatic rings. The summed E-state index contributed by atoms with van der Waals surface area (Å²) >= 11 is 5.63. The molecule has 1 unspecified atom stereocenters. The van der Waals surface area contributed by atoms with Crippen molar-refractivity contribution in [2.24, 2.45) is 0 Å². The number of hydrogen-bond acceptors (Lipinski definition) is 3. The van der Waals surface area contributed by atoms with Crippen LogP contribution in [0.15, 0.2) is 6.20 Å². The van der Waals surface area contributed by atoms with Crippen LogP contribution in [0.3, 0.4) is 0 Å². The minimum atomic E-state index is -1.12. The monoisotopic (exact) mass is 214 g/mol. The van der Waals surface area contributed by atoms with E-state index in [1.165, 1.54) is 6.20 Å². The summed E-state index contributed by atoms with van der Waals surface area (Å²) in [5.41, 5.74) is -0.128. The lowest BCUT2D eigenvalue weighted by molar-refractivity contribution is 0.0690. The second kappa shape index (κ2) is 4.37. The maximum Gasteiger partial charge on any atom is 0.356 e. The Bertz CT molecular complexity index is 355. The van der Waals surface area contributed by atoms with Gasteiger partial charge in [-0.2, -0.15) is 0 Å². The Balaban J connectivity index is 3.12. The fourth-order valence-electron chi connectivity index (χ4n) is 0.951. The lowest BCUT2D eigenvalue weighted by Crippen LogP contribution is -2.08. The maximum absolute atomic E-state index is 10.7. The smallest absolute Gasteiger partial charge is 0.356 e. The number of rotatable bonds is 3. The first-order valence-electron chi connectivity index (χ1n) is 4.32. The SMILES string of the molecule is CCC(C)c1ncc(Cl)c(C(=O)O)n1. The van der Waals surface area contributed by atoms with E-state index in [-0.39, 0.29) is 16.6 Å². The molecule has 5 heteroatoms. The molecule has 0 aliphatic heterocycles. The van der Waals surface area contributed by atoms with Crippen LogP contribution in [0.5, 0.6) is 0 Å². The van der Waals surface area contributed by atoms with Crippen molar-refractivity contribution in [3.8, 4) is 0 Å². The van der Waals surface area contributed by atoms with Gasteiger partial charge in [0.05, 0.1) is 11.2 Å². The second-order valence-corrected chi connectivity index (χ2v) is 3.45. The van der Waals surface area contributed by atoms with Crippen LogP contribution >= 0.6 is 11.6 Å². The highest BCUT2D eigenvalue weighted by atomic mass is 35.5. The van der Waals surface area contributed by atoms with Gasteiger partial charge in [-0.1, -0.05) is 25.4 Å². The molecule has 0 bridgehead atoms. The molecule has 0 aliphatic rings. The number of carbonyl (C=O) groups is 1. The second-order valence-electron chi connectivity index (χ2n) is 3.04. The number of hydrogen-bond donors (Lipinski definition) is 1. The molecule has 1 heterocycles. The van der Waals surface area contributed by atoms with Crippen molar-refractivity contribution in [1.82, 2.24) is 9.97 Å². The van der Waals surface area contributed by atoms with Crippen LogP contribution in [0, 0.1) is 0 Å². The molecule has 0 aliphatic carbocycles. The summed E-state index contributed by atoms with van der Waals surface area (Å²) in [5.74, 6) is -0.457. The molecule has 4 nitrogen and oxygen atoms in total. The van der Waals surface area contributed by atoms with Crippen LogP contribution in [-0.2, 0) is 0 Å². The largest absolute Gasteiger partial charge is 0.476 e. The zero-order valence-corrected chi connectivity index (χ0v) is 8.75. The molecule has 0 aromatic carbocycles. The van der Waals surface area contributed by atoms with Gasteiger partial charge in [0.15, 0.2) is 5.69 Å². The van der Waals surface area contributed by atoms with E-state index < -0.39 is 5.97 Å². The Morgan fingerprint density at radius 1 is 1.71 bits per heavy atom. The minimum Gasteiger partial charge on any atom is -0.476 e. The Morgan fingerprint density at radius 2 is 2.36 bits per heavy atom. The molecule has 76 valence electrons. The van der Waals surface area contributed by atoms with Crippen molar-refractivity contribution in [3.63, 3.8) is 0 Å². The highest BCUT2D eigenvalue weighted by Gasteiger charge is 2.14. The van der Waals surface area contributed by atoms with Gasteiger partial charge >= 0.3 is 5.97 Å². The summed E-state index contributed by atoms with van der Waals surface area (Å²) in [5, 5.41) is 8.84. The van der Waals surface area contributed by atoms with E-state index in [1.807, 2.05) is 13.8 Å². The van der Waals surface area contributed by atoms with Crippen molar-refractivity contribution in [2.45, 2.75) is 26.2 Å². The van der Waals surface area contributed by atoms with Gasteiger partial charge in [0.1, 0.15) is 5.82 Å². The topological polar surface area (TPSA) is 63.1 Å². The van der Waals surface area contributed by atoms with Crippen molar-refractivity contribution in [1.29, 1.82) is 0 Å². The highest BCUT2D eigenvalue weighted by molar-refractivity contribution is 6.33. The normalized spacial score (nSPS) is 12.5. The minimum absolute atomic E-state index is 0.0737. The van der Waals surface area contributed by atoms with E-state index in [1.54, 1.807) is 0 Å². The quantitative estimate of drug-likeness (QED) is 0.839. The summed E-state index contributed by atoms with van der Waals surface area (Å²) in [6.45, 7) is 3.93. The summed E-state index contributed by atoms with van der Waals surface area (Å²) < 4.78 is 0. The van der Waals surface area contributed by atoms with E-state index in [0.29, 0.717) is 5.82 Å². The third-order valence-corrected chi connectivity index (χ3v) is 2.30. The van der Waals surface area contributed by atoms with Crippen LogP contribution in [-0.4, -0.2) is 21.0 Å². The van der Waals surface area contributed by atoms with Gasteiger partial charge in [0.2, 0.25) is 0 Å². The summed E-state index contributed by atoms with van der Waals surface area (Å²) in [6, 6.07) is 0. The average molecular weight is 215 g/mol. The number of aromatic nitrogens is 2. The molecule has 0 amide bonds. The van der Waals surface area contributed by atoms with E-state index in [0.717, 1.165) is 6.42 Å². The van der Waals surface area contributed by atoms with E-state index in [9.17, 15) is 4.79 Å². The highest BCUT2D eigenvalue weighted by Crippen LogP contribution is 2.18. The van der Waals surface area contributed by atoms with E-state index in [2.05, 4.69) is 9.97 Å². The van der Waals surface area contributed by atoms with Gasteiger partial charge in [-0.25, -0.2) is 14.8 Å². The molecular formula is C9H11ClN2O2. The van der Waals surface area contributed by atoms with Crippen molar-refractivity contribution in [3.05, 3.63) is 22.7 Å². The maximum atomic E-state index is 10.7. The first kappa shape index (κ1) is 10.9. The fourth-order valence-corrected chi connectivity index (χ4v) is 1.12. The average Bonchev–Trinajstić information content (AvgIpc) is 2.17. The predicted molar refractivity (Wildman–Crippen MR) is 52.7 cm³/mol. The Hall–Kier alpha value is -1.16. The van der Waals surface area contributed by atoms with E-state index in [4.69, 9.17) is 16.7 Å². The van der Waals surface area contributed by atoms with Crippen LogP contribution in [0.25, 0.3) is 0 Å². The van der Waals surface area contributed by atoms with Gasteiger partial charge in [-0.05, 0) is 6.42 Å². The summed E-state index contributed by atoms with van der Waals surface area (Å²) in [7, 11) is 0. The molecule has 0 fully saturated rings. The van der Waals surface area contributed by atoms with Crippen LogP contribution < -0.4 is 0 Å². The Labute approximate surface area is 87.0 Å². The number of carboxylic acid groups (broad SMARTS) is 1. The molecular weight excluding hydrogens is 204 g/mol. The molecule has 14 heavy (non-hydrogen) atoms. The van der Waals surface area contributed by atoms with Crippen molar-refractivity contribution < 1.29 is 9.90 Å². The lowest BCUT2D eigenvalue weighted by Gasteiger charge is -2.07. The van der Waals surface area contributed by atoms with Gasteiger partial charge in [-0.15, -0.1) is 0 Å². The third kappa shape index (κ3) is 2.20. The van der Waals surface area contributed by atoms with Crippen molar-refractivity contribution in [2.75, 3.05) is 0 Å². The van der Waals surface area contributed by atoms with Gasteiger partial charge < -0.3 is 5.11 Å². The fraction of sp³-hybridized carbons (Fsp3) is 0.444. The lowest BCUT2D eigenvalue weighted by atomic mass is 10.1. The molecule has 1 atom stereocenters. The molecule has 1 N–H and O–H groups in total. The Kier molecular flexibility index (Phi) is 3.41. The van der Waals surface area contributed by atoms with Crippen LogP contribution in [0.2, 0.25) is 5.02 Å². The predicted octanol–water partition coefficient (Wildman–Crippen LogP) is 2.34. The number of aromatic carboxylic acids is 1. The summed E-state index contributed by atoms with van der Waals surface area (Å²) in [6.07, 6.45) is 2.19. The first-order chi connectivity index (χ1) is 6.56. The number of carboxylic acids is 1. The molecule has 1 aromatic heterocycles. The molecule has 0 saturated heterocycles. The van der Waals surface area contributed by atoms with Crippen LogP contribution in [0.4, 0.5) is 0 Å². The van der Waals surface area contributed by atoms with E-state index >= 15 is 0 Å².